The van der Waals surface area contributed by atoms with Crippen molar-refractivity contribution in [2.45, 2.75) is 6.04 Å². The van der Waals surface area contributed by atoms with Gasteiger partial charge in [0.05, 0.1) is 11.7 Å². The summed E-state index contributed by atoms with van der Waals surface area (Å²) in [7, 11) is 0. The van der Waals surface area contributed by atoms with Gasteiger partial charge >= 0.3 is 0 Å². The molecule has 0 bridgehead atoms. The molecule has 4 N–H and O–H groups in total. The first kappa shape index (κ1) is 15.9. The van der Waals surface area contributed by atoms with Crippen molar-refractivity contribution >= 4 is 11.6 Å². The number of aromatic amines is 1. The fraction of sp³-hybridized carbons (Fsp3) is 0.235. The number of nitrogens with zero attached hydrogens (tertiary/aromatic N) is 2. The predicted octanol–water partition coefficient (Wildman–Crippen LogP) is 0.574. The molecular formula is C17H19N5O2. The normalized spacial score (nSPS) is 14.6. The minimum Gasteiger partial charge on any atom is -0.374 e. The molecule has 3 heterocycles. The van der Waals surface area contributed by atoms with E-state index in [9.17, 15) is 9.59 Å². The molecule has 0 radical (unpaired) electrons. The lowest BCUT2D eigenvalue weighted by Crippen LogP contribution is -2.57. The number of nitrogens with one attached hydrogen (secondary N) is 2. The van der Waals surface area contributed by atoms with Gasteiger partial charge in [0.15, 0.2) is 0 Å². The number of amides is 1. The standard InChI is InChI=1S/C17H19N5O2/c18-6-3-5-16(23)22-10-13(11-22)21-15-8-12(9-20-17(15)24)14-4-1-2-7-19-14/h1-5,7-9,13,21H,6,10-11,18H2,(H,20,24). The first-order valence-corrected chi connectivity index (χ1v) is 7.73. The monoisotopic (exact) mass is 325 g/mol. The molecule has 7 heteroatoms. The van der Waals surface area contributed by atoms with Gasteiger partial charge in [-0.05, 0) is 18.2 Å². The van der Waals surface area contributed by atoms with Crippen molar-refractivity contribution in [2.75, 3.05) is 25.0 Å². The lowest BCUT2D eigenvalue weighted by atomic mass is 10.1. The summed E-state index contributed by atoms with van der Waals surface area (Å²) in [6, 6.07) is 7.45. The number of carbonyl (C=O) groups is 1. The molecule has 2 aromatic heterocycles. The Labute approximate surface area is 139 Å². The quantitative estimate of drug-likeness (QED) is 0.697. The number of hydrogen-bond donors (Lipinski definition) is 3. The van der Waals surface area contributed by atoms with Crippen LogP contribution in [0.25, 0.3) is 11.3 Å². The highest BCUT2D eigenvalue weighted by molar-refractivity contribution is 5.88. The van der Waals surface area contributed by atoms with Crippen LogP contribution in [-0.4, -0.2) is 46.5 Å². The summed E-state index contributed by atoms with van der Waals surface area (Å²) >= 11 is 0. The molecule has 0 atom stereocenters. The Morgan fingerprint density at radius 1 is 1.46 bits per heavy atom. The minimum absolute atomic E-state index is 0.0558. The largest absolute Gasteiger partial charge is 0.374 e. The van der Waals surface area contributed by atoms with E-state index in [4.69, 9.17) is 5.73 Å². The van der Waals surface area contributed by atoms with E-state index in [2.05, 4.69) is 15.3 Å². The van der Waals surface area contributed by atoms with Crippen molar-refractivity contribution < 1.29 is 4.79 Å². The lowest BCUT2D eigenvalue weighted by molar-refractivity contribution is -0.129. The van der Waals surface area contributed by atoms with Crippen LogP contribution in [0.5, 0.6) is 0 Å². The fourth-order valence-electron chi connectivity index (χ4n) is 2.52. The number of rotatable bonds is 5. The first-order chi connectivity index (χ1) is 11.7. The van der Waals surface area contributed by atoms with Crippen molar-refractivity contribution in [1.82, 2.24) is 14.9 Å². The van der Waals surface area contributed by atoms with Crippen LogP contribution in [0.3, 0.4) is 0 Å². The van der Waals surface area contributed by atoms with Gasteiger partial charge in [-0.25, -0.2) is 0 Å². The number of pyridine rings is 2. The van der Waals surface area contributed by atoms with Crippen LogP contribution in [0.1, 0.15) is 0 Å². The maximum atomic E-state index is 12.0. The van der Waals surface area contributed by atoms with Gasteiger partial charge in [-0.15, -0.1) is 0 Å². The average molecular weight is 325 g/mol. The van der Waals surface area contributed by atoms with E-state index in [0.29, 0.717) is 25.3 Å². The topological polar surface area (TPSA) is 104 Å². The van der Waals surface area contributed by atoms with Crippen LogP contribution in [0.15, 0.2) is 53.6 Å². The zero-order chi connectivity index (χ0) is 16.9. The number of hydrogen-bond acceptors (Lipinski definition) is 5. The van der Waals surface area contributed by atoms with E-state index in [1.54, 1.807) is 29.4 Å². The van der Waals surface area contributed by atoms with Crippen molar-refractivity contribution in [3.63, 3.8) is 0 Å². The second kappa shape index (κ2) is 7.10. The fourth-order valence-corrected chi connectivity index (χ4v) is 2.52. The third kappa shape index (κ3) is 3.52. The molecule has 1 aliphatic rings. The molecule has 1 amide bonds. The Morgan fingerprint density at radius 3 is 3.00 bits per heavy atom. The molecule has 1 fully saturated rings. The van der Waals surface area contributed by atoms with Gasteiger partial charge in [-0.3, -0.25) is 14.6 Å². The Morgan fingerprint density at radius 2 is 2.29 bits per heavy atom. The van der Waals surface area contributed by atoms with Crippen molar-refractivity contribution in [3.05, 3.63) is 59.2 Å². The maximum Gasteiger partial charge on any atom is 0.271 e. The van der Waals surface area contributed by atoms with Gasteiger partial charge in [0.1, 0.15) is 5.69 Å². The molecule has 0 saturated carbocycles. The van der Waals surface area contributed by atoms with Crippen LogP contribution < -0.4 is 16.6 Å². The molecular weight excluding hydrogens is 306 g/mol. The highest BCUT2D eigenvalue weighted by atomic mass is 16.2. The molecule has 124 valence electrons. The summed E-state index contributed by atoms with van der Waals surface area (Å²) in [6.45, 7) is 1.46. The second-order valence-electron chi connectivity index (χ2n) is 5.57. The summed E-state index contributed by atoms with van der Waals surface area (Å²) in [5.74, 6) is -0.0605. The molecule has 0 unspecified atom stereocenters. The zero-order valence-electron chi connectivity index (χ0n) is 13.1. The molecule has 24 heavy (non-hydrogen) atoms. The van der Waals surface area contributed by atoms with Gasteiger partial charge in [-0.1, -0.05) is 12.1 Å². The second-order valence-corrected chi connectivity index (χ2v) is 5.57. The van der Waals surface area contributed by atoms with Crippen LogP contribution in [0, 0.1) is 0 Å². The summed E-state index contributed by atoms with van der Waals surface area (Å²) in [6.07, 6.45) is 6.46. The minimum atomic E-state index is -0.192. The van der Waals surface area contributed by atoms with Gasteiger partial charge < -0.3 is 20.9 Å². The number of carbonyl (C=O) groups excluding carboxylic acids is 1. The van der Waals surface area contributed by atoms with Gasteiger partial charge in [0.25, 0.3) is 5.56 Å². The Hall–Kier alpha value is -2.93. The molecule has 3 rings (SSSR count). The number of aromatic nitrogens is 2. The molecule has 0 aliphatic carbocycles. The summed E-state index contributed by atoms with van der Waals surface area (Å²) < 4.78 is 0. The van der Waals surface area contributed by atoms with Crippen LogP contribution in [0.4, 0.5) is 5.69 Å². The average Bonchev–Trinajstić information content (AvgIpc) is 2.57. The molecule has 7 nitrogen and oxygen atoms in total. The Kier molecular flexibility index (Phi) is 4.72. The number of nitrogens with two attached hydrogens (primary N) is 1. The van der Waals surface area contributed by atoms with Gasteiger partial charge in [0.2, 0.25) is 5.91 Å². The number of H-pyrrole nitrogens is 1. The zero-order valence-corrected chi connectivity index (χ0v) is 13.1. The smallest absolute Gasteiger partial charge is 0.271 e. The first-order valence-electron chi connectivity index (χ1n) is 7.73. The summed E-state index contributed by atoms with van der Waals surface area (Å²) in [5, 5.41) is 3.18. The van der Waals surface area contributed by atoms with Gasteiger partial charge in [0, 0.05) is 43.7 Å². The van der Waals surface area contributed by atoms with Crippen LogP contribution in [-0.2, 0) is 4.79 Å². The molecule has 1 aliphatic heterocycles. The van der Waals surface area contributed by atoms with Crippen LogP contribution in [0.2, 0.25) is 0 Å². The van der Waals surface area contributed by atoms with Crippen molar-refractivity contribution in [2.24, 2.45) is 5.73 Å². The van der Waals surface area contributed by atoms with E-state index < -0.39 is 0 Å². The summed E-state index contributed by atoms with van der Waals surface area (Å²) in [5.41, 5.74) is 7.23. The SMILES string of the molecule is NCC=CC(=O)N1CC(Nc2cc(-c3ccccn3)c[nH]c2=O)C1. The number of likely N-dealkylation sites (tertiary alicyclic amines) is 1. The van der Waals surface area contributed by atoms with E-state index in [1.165, 1.54) is 6.08 Å². The van der Waals surface area contributed by atoms with E-state index in [0.717, 1.165) is 11.3 Å². The van der Waals surface area contributed by atoms with Gasteiger partial charge in [-0.2, -0.15) is 0 Å². The highest BCUT2D eigenvalue weighted by Crippen LogP contribution is 2.19. The lowest BCUT2D eigenvalue weighted by Gasteiger charge is -2.39. The Bertz CT molecular complexity index is 794. The van der Waals surface area contributed by atoms with E-state index in [1.807, 2.05) is 18.2 Å². The summed E-state index contributed by atoms with van der Waals surface area (Å²) in [4.78, 5) is 32.4. The third-order valence-corrected chi connectivity index (χ3v) is 3.81. The molecule has 0 aromatic carbocycles. The molecule has 1 saturated heterocycles. The van der Waals surface area contributed by atoms with Crippen LogP contribution >= 0.6 is 0 Å². The molecule has 2 aromatic rings. The maximum absolute atomic E-state index is 12.0. The highest BCUT2D eigenvalue weighted by Gasteiger charge is 2.29. The number of anilines is 1. The van der Waals surface area contributed by atoms with Crippen molar-refractivity contribution in [3.8, 4) is 11.3 Å². The predicted molar refractivity (Wildman–Crippen MR) is 92.5 cm³/mol. The van der Waals surface area contributed by atoms with E-state index >= 15 is 0 Å². The Balaban J connectivity index is 1.66. The molecule has 0 spiro atoms. The third-order valence-electron chi connectivity index (χ3n) is 3.81. The van der Waals surface area contributed by atoms with E-state index in [-0.39, 0.29) is 17.5 Å². The van der Waals surface area contributed by atoms with Crippen molar-refractivity contribution in [1.29, 1.82) is 0 Å².